The highest BCUT2D eigenvalue weighted by atomic mass is 19.4. The molecule has 1 amide bonds. The molecular weight excluding hydrogens is 575 g/mol. The van der Waals surface area contributed by atoms with E-state index in [1.807, 2.05) is 0 Å². The third kappa shape index (κ3) is 5.39. The Morgan fingerprint density at radius 2 is 1.57 bits per heavy atom. The molecule has 0 unspecified atom stereocenters. The van der Waals surface area contributed by atoms with Crippen LogP contribution in [0, 0.1) is 25.5 Å². The molecule has 0 radical (unpaired) electrons. The Balaban J connectivity index is 1.40. The molecule has 4 aromatic rings. The van der Waals surface area contributed by atoms with E-state index in [0.717, 1.165) is 17.2 Å². The largest absolute Gasteiger partial charge is 0.451 e. The van der Waals surface area contributed by atoms with E-state index in [4.69, 9.17) is 4.42 Å². The average Bonchev–Trinajstić information content (AvgIpc) is 3.41. The van der Waals surface area contributed by atoms with E-state index >= 15 is 0 Å². The molecule has 0 saturated carbocycles. The minimum Gasteiger partial charge on any atom is -0.414 e. The van der Waals surface area contributed by atoms with E-state index in [-0.39, 0.29) is 43.4 Å². The molecule has 0 bridgehead atoms. The molecule has 1 fully saturated rings. The second-order valence-corrected chi connectivity index (χ2v) is 9.53. The summed E-state index contributed by atoms with van der Waals surface area (Å²) in [7, 11) is 0. The molecule has 42 heavy (non-hydrogen) atoms. The number of halogens is 7. The highest BCUT2D eigenvalue weighted by Gasteiger charge is 2.48. The number of aryl methyl sites for hydroxylation is 2. The summed E-state index contributed by atoms with van der Waals surface area (Å²) < 4.78 is 103. The van der Waals surface area contributed by atoms with Crippen molar-refractivity contribution in [3.8, 4) is 23.0 Å². The topological polar surface area (TPSA) is 111 Å². The molecule has 1 aliphatic rings. The molecule has 0 aliphatic carbocycles. The number of aromatic nitrogens is 6. The molecule has 4 heterocycles. The average molecular weight is 595 g/mol. The predicted octanol–water partition coefficient (Wildman–Crippen LogP) is 5.40. The molecule has 0 N–H and O–H groups in total. The maximum absolute atomic E-state index is 14.9. The van der Waals surface area contributed by atoms with Crippen LogP contribution in [0.3, 0.4) is 0 Å². The van der Waals surface area contributed by atoms with Gasteiger partial charge >= 0.3 is 12.1 Å². The van der Waals surface area contributed by atoms with Crippen molar-refractivity contribution in [1.29, 1.82) is 0 Å². The van der Waals surface area contributed by atoms with Gasteiger partial charge in [-0.05, 0) is 44.9 Å². The van der Waals surface area contributed by atoms with Gasteiger partial charge in [-0.15, -0.1) is 10.2 Å². The summed E-state index contributed by atoms with van der Waals surface area (Å²) in [4.78, 5) is 29.0. The van der Waals surface area contributed by atoms with Crippen molar-refractivity contribution in [1.82, 2.24) is 35.0 Å². The van der Waals surface area contributed by atoms with E-state index in [1.54, 1.807) is 13.8 Å². The van der Waals surface area contributed by atoms with Gasteiger partial charge in [0.05, 0.1) is 17.0 Å². The van der Waals surface area contributed by atoms with Crippen LogP contribution in [0.1, 0.15) is 47.4 Å². The Labute approximate surface area is 232 Å². The zero-order valence-corrected chi connectivity index (χ0v) is 21.9. The summed E-state index contributed by atoms with van der Waals surface area (Å²) in [6, 6.07) is 3.39. The van der Waals surface area contributed by atoms with Crippen LogP contribution in [0.25, 0.3) is 23.0 Å². The first kappa shape index (κ1) is 29.0. The lowest BCUT2D eigenvalue weighted by Crippen LogP contribution is -2.46. The van der Waals surface area contributed by atoms with Crippen molar-refractivity contribution in [2.75, 3.05) is 13.1 Å². The van der Waals surface area contributed by atoms with Crippen molar-refractivity contribution in [2.24, 2.45) is 0 Å². The van der Waals surface area contributed by atoms with Gasteiger partial charge < -0.3 is 9.32 Å². The third-order valence-electron chi connectivity index (χ3n) is 6.71. The first-order valence-corrected chi connectivity index (χ1v) is 12.5. The number of benzene rings is 1. The number of carbonyl (C=O) groups is 1. The molecule has 220 valence electrons. The Hall–Kier alpha value is -4.50. The SMILES string of the molecule is Cc1nc(C)c(-c2nnc(-c3ccnc(C(F)(F)F)n3)o2)c(C2CCN(C(=O)C(F)(F)c3c(F)cccc3F)CC2)n1. The van der Waals surface area contributed by atoms with Gasteiger partial charge in [0.1, 0.15) is 28.7 Å². The van der Waals surface area contributed by atoms with Crippen LogP contribution >= 0.6 is 0 Å². The fourth-order valence-electron chi connectivity index (χ4n) is 4.80. The highest BCUT2D eigenvalue weighted by Crippen LogP contribution is 2.39. The monoisotopic (exact) mass is 595 g/mol. The predicted molar refractivity (Wildman–Crippen MR) is 130 cm³/mol. The number of rotatable bonds is 5. The molecule has 0 atom stereocenters. The van der Waals surface area contributed by atoms with Crippen molar-refractivity contribution >= 4 is 5.91 Å². The van der Waals surface area contributed by atoms with Crippen molar-refractivity contribution in [3.05, 3.63) is 70.7 Å². The van der Waals surface area contributed by atoms with Crippen molar-refractivity contribution in [3.63, 3.8) is 0 Å². The number of carbonyl (C=O) groups excluding carboxylic acids is 1. The van der Waals surface area contributed by atoms with Gasteiger partial charge in [-0.2, -0.15) is 22.0 Å². The maximum Gasteiger partial charge on any atom is 0.451 e. The van der Waals surface area contributed by atoms with Crippen LogP contribution in [-0.2, 0) is 16.9 Å². The fourth-order valence-corrected chi connectivity index (χ4v) is 4.80. The molecule has 1 aromatic carbocycles. The minimum absolute atomic E-state index is 0.107. The number of piperidine rings is 1. The second-order valence-electron chi connectivity index (χ2n) is 9.53. The van der Waals surface area contributed by atoms with Crippen LogP contribution in [0.2, 0.25) is 0 Å². The molecule has 9 nitrogen and oxygen atoms in total. The molecule has 5 rings (SSSR count). The molecule has 1 saturated heterocycles. The van der Waals surface area contributed by atoms with Crippen LogP contribution in [0.4, 0.5) is 30.7 Å². The second kappa shape index (κ2) is 10.7. The third-order valence-corrected chi connectivity index (χ3v) is 6.71. The Kier molecular flexibility index (Phi) is 7.41. The Bertz CT molecular complexity index is 1630. The smallest absolute Gasteiger partial charge is 0.414 e. The normalized spacial score (nSPS) is 14.8. The van der Waals surface area contributed by atoms with Gasteiger partial charge in [-0.25, -0.2) is 28.7 Å². The molecule has 0 spiro atoms. The first-order valence-electron chi connectivity index (χ1n) is 12.5. The quantitative estimate of drug-likeness (QED) is 0.282. The fraction of sp³-hybridized carbons (Fsp3) is 0.346. The van der Waals surface area contributed by atoms with E-state index in [1.165, 1.54) is 6.07 Å². The molecule has 3 aromatic heterocycles. The van der Waals surface area contributed by atoms with Gasteiger partial charge in [0, 0.05) is 25.2 Å². The summed E-state index contributed by atoms with van der Waals surface area (Å²) in [6.45, 7) is 2.91. The number of amides is 1. The van der Waals surface area contributed by atoms with Crippen LogP contribution < -0.4 is 0 Å². The van der Waals surface area contributed by atoms with Gasteiger partial charge in [0.2, 0.25) is 5.82 Å². The molecule has 1 aliphatic heterocycles. The van der Waals surface area contributed by atoms with Gasteiger partial charge in [0.15, 0.2) is 0 Å². The number of hydrogen-bond donors (Lipinski definition) is 0. The molecular formula is C26H20F7N7O2. The lowest BCUT2D eigenvalue weighted by atomic mass is 9.89. The maximum atomic E-state index is 14.9. The number of nitrogens with zero attached hydrogens (tertiary/aromatic N) is 7. The van der Waals surface area contributed by atoms with E-state index < -0.39 is 46.9 Å². The Morgan fingerprint density at radius 1 is 0.929 bits per heavy atom. The number of hydrogen-bond acceptors (Lipinski definition) is 8. The minimum atomic E-state index is -4.79. The van der Waals surface area contributed by atoms with Crippen LogP contribution in [-0.4, -0.2) is 54.0 Å². The standard InChI is InChI=1S/C26H20F7N7O2/c1-12-18(22-39-38-21(42-22)17-6-9-34-23(37-17)26(31,32)33)20(36-13(2)35-12)14-7-10-40(11-8-14)24(41)25(29,30)19-15(27)4-3-5-16(19)28/h3-6,9,14H,7-8,10-11H2,1-2H3. The van der Waals surface area contributed by atoms with E-state index in [9.17, 15) is 35.5 Å². The van der Waals surface area contributed by atoms with Gasteiger partial charge in [0.25, 0.3) is 17.7 Å². The summed E-state index contributed by atoms with van der Waals surface area (Å²) >= 11 is 0. The van der Waals surface area contributed by atoms with E-state index in [2.05, 4.69) is 30.1 Å². The van der Waals surface area contributed by atoms with Crippen LogP contribution in [0.5, 0.6) is 0 Å². The number of alkyl halides is 5. The molecule has 16 heteroatoms. The van der Waals surface area contributed by atoms with E-state index in [0.29, 0.717) is 34.9 Å². The first-order chi connectivity index (χ1) is 19.8. The van der Waals surface area contributed by atoms with Crippen molar-refractivity contribution in [2.45, 2.75) is 44.7 Å². The van der Waals surface area contributed by atoms with Gasteiger partial charge in [-0.1, -0.05) is 6.07 Å². The lowest BCUT2D eigenvalue weighted by molar-refractivity contribution is -0.161. The Morgan fingerprint density at radius 3 is 2.21 bits per heavy atom. The zero-order chi connectivity index (χ0) is 30.4. The zero-order valence-electron chi connectivity index (χ0n) is 21.9. The van der Waals surface area contributed by atoms with Crippen LogP contribution in [0.15, 0.2) is 34.9 Å². The summed E-state index contributed by atoms with van der Waals surface area (Å²) in [5.41, 5.74) is -0.755. The lowest BCUT2D eigenvalue weighted by Gasteiger charge is -2.34. The summed E-state index contributed by atoms with van der Waals surface area (Å²) in [5, 5.41) is 7.77. The van der Waals surface area contributed by atoms with Gasteiger partial charge in [-0.3, -0.25) is 4.79 Å². The number of likely N-dealkylation sites (tertiary alicyclic amines) is 1. The highest BCUT2D eigenvalue weighted by molar-refractivity contribution is 5.85. The summed E-state index contributed by atoms with van der Waals surface area (Å²) in [5.74, 6) is -11.1. The van der Waals surface area contributed by atoms with Crippen molar-refractivity contribution < 1.29 is 39.9 Å². The summed E-state index contributed by atoms with van der Waals surface area (Å²) in [6.07, 6.45) is -3.60.